The van der Waals surface area contributed by atoms with Crippen molar-refractivity contribution in [3.63, 3.8) is 0 Å². The highest BCUT2D eigenvalue weighted by molar-refractivity contribution is 6.19. The second kappa shape index (κ2) is 7.49. The van der Waals surface area contributed by atoms with E-state index in [0.29, 0.717) is 25.9 Å². The Bertz CT molecular complexity index is 512. The minimum Gasteiger partial charge on any atom is -0.469 e. The third-order valence-corrected chi connectivity index (χ3v) is 4.57. The molecule has 0 aliphatic carbocycles. The van der Waals surface area contributed by atoms with Gasteiger partial charge in [-0.15, -0.1) is 11.6 Å². The number of piperidine rings is 1. The lowest BCUT2D eigenvalue weighted by Gasteiger charge is -2.37. The van der Waals surface area contributed by atoms with Gasteiger partial charge in [0, 0.05) is 19.0 Å². The lowest BCUT2D eigenvalue weighted by molar-refractivity contribution is -0.154. The Morgan fingerprint density at radius 2 is 1.86 bits per heavy atom. The second-order valence-corrected chi connectivity index (χ2v) is 5.70. The van der Waals surface area contributed by atoms with E-state index in [0.717, 1.165) is 5.56 Å². The molecule has 5 nitrogen and oxygen atoms in total. The first-order valence-electron chi connectivity index (χ1n) is 7.21. The number of alkyl halides is 1. The molecule has 22 heavy (non-hydrogen) atoms. The number of likely N-dealkylation sites (tertiary alicyclic amines) is 1. The van der Waals surface area contributed by atoms with Gasteiger partial charge in [-0.3, -0.25) is 4.79 Å². The number of rotatable bonds is 4. The van der Waals surface area contributed by atoms with Gasteiger partial charge in [-0.25, -0.2) is 4.79 Å². The third-order valence-electron chi connectivity index (χ3n) is 4.06. The van der Waals surface area contributed by atoms with Crippen LogP contribution in [0.2, 0.25) is 0 Å². The summed E-state index contributed by atoms with van der Waals surface area (Å²) < 4.78 is 10.1. The van der Waals surface area contributed by atoms with Crippen LogP contribution in [0.5, 0.6) is 0 Å². The van der Waals surface area contributed by atoms with Crippen LogP contribution in [0.25, 0.3) is 0 Å². The van der Waals surface area contributed by atoms with Gasteiger partial charge in [-0.05, 0) is 18.4 Å². The van der Waals surface area contributed by atoms with Crippen molar-refractivity contribution in [2.24, 2.45) is 5.41 Å². The predicted molar refractivity (Wildman–Crippen MR) is 82.6 cm³/mol. The zero-order valence-corrected chi connectivity index (χ0v) is 13.3. The zero-order chi connectivity index (χ0) is 16.0. The molecule has 6 heteroatoms. The average Bonchev–Trinajstić information content (AvgIpc) is 2.59. The van der Waals surface area contributed by atoms with Crippen LogP contribution >= 0.6 is 11.6 Å². The maximum atomic E-state index is 12.1. The molecule has 120 valence electrons. The molecule has 0 N–H and O–H groups in total. The normalized spacial score (nSPS) is 16.9. The Kier molecular flexibility index (Phi) is 5.66. The molecule has 1 aromatic carbocycles. The van der Waals surface area contributed by atoms with Crippen molar-refractivity contribution in [1.82, 2.24) is 4.90 Å². The van der Waals surface area contributed by atoms with Gasteiger partial charge in [-0.2, -0.15) is 0 Å². The number of carbonyl (C=O) groups is 2. The van der Waals surface area contributed by atoms with Crippen molar-refractivity contribution in [2.45, 2.75) is 19.4 Å². The maximum Gasteiger partial charge on any atom is 0.410 e. The molecule has 0 bridgehead atoms. The molecule has 0 radical (unpaired) electrons. The molecule has 0 unspecified atom stereocenters. The number of halogens is 1. The van der Waals surface area contributed by atoms with Crippen molar-refractivity contribution >= 4 is 23.7 Å². The van der Waals surface area contributed by atoms with E-state index in [2.05, 4.69) is 0 Å². The number of methoxy groups -OCH3 is 1. The fourth-order valence-corrected chi connectivity index (χ4v) is 2.91. The monoisotopic (exact) mass is 325 g/mol. The number of benzene rings is 1. The number of hydrogen-bond acceptors (Lipinski definition) is 4. The number of carbonyl (C=O) groups excluding carboxylic acids is 2. The molecule has 0 saturated carbocycles. The predicted octanol–water partition coefficient (Wildman–Crippen LogP) is 2.82. The number of amides is 1. The summed E-state index contributed by atoms with van der Waals surface area (Å²) in [6.07, 6.45) is 0.615. The highest BCUT2D eigenvalue weighted by Crippen LogP contribution is 2.34. The van der Waals surface area contributed by atoms with Crippen LogP contribution in [0.15, 0.2) is 30.3 Å². The summed E-state index contributed by atoms with van der Waals surface area (Å²) >= 11 is 5.94. The van der Waals surface area contributed by atoms with Crippen LogP contribution in [0.1, 0.15) is 18.4 Å². The Balaban J connectivity index is 1.85. The fraction of sp³-hybridized carbons (Fsp3) is 0.500. The van der Waals surface area contributed by atoms with Crippen molar-refractivity contribution in [3.8, 4) is 0 Å². The summed E-state index contributed by atoms with van der Waals surface area (Å²) in [5, 5.41) is 0. The number of ether oxygens (including phenoxy) is 2. The Morgan fingerprint density at radius 1 is 1.23 bits per heavy atom. The fourth-order valence-electron chi connectivity index (χ4n) is 2.54. The van der Waals surface area contributed by atoms with E-state index in [4.69, 9.17) is 21.1 Å². The van der Waals surface area contributed by atoms with E-state index in [9.17, 15) is 9.59 Å². The first-order chi connectivity index (χ1) is 10.6. The molecule has 0 atom stereocenters. The van der Waals surface area contributed by atoms with Crippen LogP contribution in [-0.4, -0.2) is 43.0 Å². The van der Waals surface area contributed by atoms with Crippen LogP contribution in [0.3, 0.4) is 0 Å². The molecule has 1 aliphatic heterocycles. The molecule has 1 saturated heterocycles. The smallest absolute Gasteiger partial charge is 0.410 e. The molecule has 1 fully saturated rings. The first-order valence-corrected chi connectivity index (χ1v) is 7.75. The maximum absolute atomic E-state index is 12.1. The second-order valence-electron chi connectivity index (χ2n) is 5.43. The lowest BCUT2D eigenvalue weighted by Crippen LogP contribution is -2.48. The van der Waals surface area contributed by atoms with Gasteiger partial charge in [0.1, 0.15) is 6.61 Å². The van der Waals surface area contributed by atoms with Crippen molar-refractivity contribution in [1.29, 1.82) is 0 Å². The molecule has 0 aromatic heterocycles. The minimum absolute atomic E-state index is 0.201. The summed E-state index contributed by atoms with van der Waals surface area (Å²) in [5.74, 6) is -0.105. The van der Waals surface area contributed by atoms with E-state index < -0.39 is 5.41 Å². The standard InChI is InChI=1S/C16H20ClNO4/c1-21-14(19)16(12-17)7-9-18(10-8-16)15(20)22-11-13-5-3-2-4-6-13/h2-6H,7-12H2,1H3. The van der Waals surface area contributed by atoms with Crippen molar-refractivity contribution < 1.29 is 19.1 Å². The lowest BCUT2D eigenvalue weighted by atomic mass is 9.80. The summed E-state index contributed by atoms with van der Waals surface area (Å²) in [7, 11) is 1.36. The van der Waals surface area contributed by atoms with E-state index in [1.54, 1.807) is 4.90 Å². The Labute approximate surface area is 135 Å². The van der Waals surface area contributed by atoms with Gasteiger partial charge in [0.15, 0.2) is 0 Å². The first kappa shape index (κ1) is 16.6. The highest BCUT2D eigenvalue weighted by atomic mass is 35.5. The third kappa shape index (κ3) is 3.71. The van der Waals surface area contributed by atoms with Gasteiger partial charge >= 0.3 is 12.1 Å². The van der Waals surface area contributed by atoms with Crippen LogP contribution in [0, 0.1) is 5.41 Å². The SMILES string of the molecule is COC(=O)C1(CCl)CCN(C(=O)OCc2ccccc2)CC1. The largest absolute Gasteiger partial charge is 0.469 e. The van der Waals surface area contributed by atoms with Gasteiger partial charge < -0.3 is 14.4 Å². The quantitative estimate of drug-likeness (QED) is 0.631. The van der Waals surface area contributed by atoms with Crippen LogP contribution < -0.4 is 0 Å². The van der Waals surface area contributed by atoms with Gasteiger partial charge in [-0.1, -0.05) is 30.3 Å². The average molecular weight is 326 g/mol. The van der Waals surface area contributed by atoms with Gasteiger partial charge in [0.2, 0.25) is 0 Å². The topological polar surface area (TPSA) is 55.8 Å². The number of hydrogen-bond donors (Lipinski definition) is 0. The van der Waals surface area contributed by atoms with Gasteiger partial charge in [0.25, 0.3) is 0 Å². The molecule has 1 aromatic rings. The Morgan fingerprint density at radius 3 is 2.41 bits per heavy atom. The highest BCUT2D eigenvalue weighted by Gasteiger charge is 2.42. The molecule has 2 rings (SSSR count). The van der Waals surface area contributed by atoms with E-state index in [-0.39, 0.29) is 24.5 Å². The number of nitrogens with zero attached hydrogens (tertiary/aromatic N) is 1. The van der Waals surface area contributed by atoms with Crippen LogP contribution in [-0.2, 0) is 20.9 Å². The van der Waals surface area contributed by atoms with Gasteiger partial charge in [0.05, 0.1) is 12.5 Å². The molecular weight excluding hydrogens is 306 g/mol. The summed E-state index contributed by atoms with van der Waals surface area (Å²) in [4.78, 5) is 25.5. The summed E-state index contributed by atoms with van der Waals surface area (Å²) in [6.45, 7) is 1.12. The van der Waals surface area contributed by atoms with E-state index in [1.807, 2.05) is 30.3 Å². The molecule has 1 amide bonds. The van der Waals surface area contributed by atoms with Crippen LogP contribution in [0.4, 0.5) is 4.79 Å². The number of esters is 1. The zero-order valence-electron chi connectivity index (χ0n) is 12.6. The molecular formula is C16H20ClNO4. The Hall–Kier alpha value is -1.75. The molecule has 1 aliphatic rings. The molecule has 0 spiro atoms. The van der Waals surface area contributed by atoms with E-state index in [1.165, 1.54) is 7.11 Å². The van der Waals surface area contributed by atoms with E-state index >= 15 is 0 Å². The molecule has 1 heterocycles. The summed E-state index contributed by atoms with van der Waals surface area (Å²) in [5.41, 5.74) is 0.254. The minimum atomic E-state index is -0.688. The van der Waals surface area contributed by atoms with Crippen molar-refractivity contribution in [2.75, 3.05) is 26.1 Å². The summed E-state index contributed by atoms with van der Waals surface area (Å²) in [6, 6.07) is 9.51. The van der Waals surface area contributed by atoms with Crippen molar-refractivity contribution in [3.05, 3.63) is 35.9 Å².